The topological polar surface area (TPSA) is 29.1 Å². The zero-order valence-corrected chi connectivity index (χ0v) is 11.7. The Hall–Kier alpha value is -1.46. The van der Waals surface area contributed by atoms with Gasteiger partial charge in [-0.15, -0.1) is 0 Å². The first-order chi connectivity index (χ1) is 8.97. The van der Waals surface area contributed by atoms with Crippen LogP contribution in [0.2, 0.25) is 5.02 Å². The first-order valence-corrected chi connectivity index (χ1v) is 6.36. The van der Waals surface area contributed by atoms with E-state index in [4.69, 9.17) is 11.6 Å². The van der Waals surface area contributed by atoms with Gasteiger partial charge in [-0.1, -0.05) is 27.5 Å². The molecule has 0 bridgehead atoms. The smallest absolute Gasteiger partial charge is 0.258 e. The van der Waals surface area contributed by atoms with Crippen molar-refractivity contribution in [2.45, 2.75) is 0 Å². The lowest BCUT2D eigenvalue weighted by Crippen LogP contribution is -2.14. The number of rotatable bonds is 2. The van der Waals surface area contributed by atoms with Gasteiger partial charge in [-0.25, -0.2) is 8.78 Å². The third kappa shape index (κ3) is 3.30. The molecule has 0 atom stereocenters. The molecule has 1 amide bonds. The normalized spacial score (nSPS) is 10.3. The Labute approximate surface area is 121 Å². The van der Waals surface area contributed by atoms with Gasteiger partial charge in [-0.05, 0) is 36.4 Å². The van der Waals surface area contributed by atoms with Crippen LogP contribution in [0.5, 0.6) is 0 Å². The summed E-state index contributed by atoms with van der Waals surface area (Å²) >= 11 is 8.73. The molecule has 2 nitrogen and oxygen atoms in total. The largest absolute Gasteiger partial charge is 0.319 e. The fourth-order valence-electron chi connectivity index (χ4n) is 1.45. The second kappa shape index (κ2) is 5.67. The van der Waals surface area contributed by atoms with E-state index in [1.54, 1.807) is 0 Å². The van der Waals surface area contributed by atoms with Crippen molar-refractivity contribution in [3.05, 3.63) is 63.1 Å². The Kier molecular flexibility index (Phi) is 4.17. The summed E-state index contributed by atoms with van der Waals surface area (Å²) in [5.41, 5.74) is -0.238. The molecule has 0 aliphatic carbocycles. The second-order valence-corrected chi connectivity index (χ2v) is 5.05. The number of amides is 1. The third-order valence-electron chi connectivity index (χ3n) is 2.35. The van der Waals surface area contributed by atoms with Gasteiger partial charge in [0.25, 0.3) is 5.91 Å². The van der Waals surface area contributed by atoms with Crippen molar-refractivity contribution >= 4 is 39.1 Å². The minimum Gasteiger partial charge on any atom is -0.319 e. The molecule has 98 valence electrons. The van der Waals surface area contributed by atoms with Crippen LogP contribution in [-0.2, 0) is 0 Å². The van der Waals surface area contributed by atoms with Crippen molar-refractivity contribution in [3.63, 3.8) is 0 Å². The van der Waals surface area contributed by atoms with E-state index in [1.807, 2.05) is 0 Å². The second-order valence-electron chi connectivity index (χ2n) is 3.70. The van der Waals surface area contributed by atoms with Gasteiger partial charge in [0.2, 0.25) is 0 Å². The summed E-state index contributed by atoms with van der Waals surface area (Å²) in [6.07, 6.45) is 0. The molecule has 6 heteroatoms. The van der Waals surface area contributed by atoms with Gasteiger partial charge in [-0.3, -0.25) is 4.79 Å². The zero-order valence-electron chi connectivity index (χ0n) is 9.38. The van der Waals surface area contributed by atoms with Crippen LogP contribution in [0, 0.1) is 11.6 Å². The van der Waals surface area contributed by atoms with E-state index < -0.39 is 17.5 Å². The number of anilines is 1. The van der Waals surface area contributed by atoms with Crippen LogP contribution >= 0.6 is 27.5 Å². The number of nitrogens with one attached hydrogen (secondary N) is 1. The summed E-state index contributed by atoms with van der Waals surface area (Å²) < 4.78 is 27.5. The maximum atomic E-state index is 13.5. The lowest BCUT2D eigenvalue weighted by Gasteiger charge is -2.07. The van der Waals surface area contributed by atoms with E-state index in [1.165, 1.54) is 24.3 Å². The van der Waals surface area contributed by atoms with Crippen LogP contribution in [0.15, 0.2) is 40.9 Å². The van der Waals surface area contributed by atoms with E-state index >= 15 is 0 Å². The molecule has 0 aliphatic heterocycles. The maximum Gasteiger partial charge on any atom is 0.258 e. The van der Waals surface area contributed by atoms with Gasteiger partial charge in [0, 0.05) is 9.50 Å². The van der Waals surface area contributed by atoms with E-state index in [-0.39, 0.29) is 16.3 Å². The molecule has 0 saturated heterocycles. The van der Waals surface area contributed by atoms with Crippen molar-refractivity contribution in [1.29, 1.82) is 0 Å². The van der Waals surface area contributed by atoms with Gasteiger partial charge >= 0.3 is 0 Å². The highest BCUT2D eigenvalue weighted by molar-refractivity contribution is 9.10. The van der Waals surface area contributed by atoms with E-state index in [0.717, 1.165) is 12.1 Å². The summed E-state index contributed by atoms with van der Waals surface area (Å²) in [6, 6.07) is 7.74. The molecule has 0 spiro atoms. The minimum atomic E-state index is -0.736. The molecule has 0 saturated carbocycles. The highest BCUT2D eigenvalue weighted by Crippen LogP contribution is 2.21. The van der Waals surface area contributed by atoms with Crippen LogP contribution < -0.4 is 5.32 Å². The van der Waals surface area contributed by atoms with Gasteiger partial charge in [0.05, 0.1) is 11.3 Å². The first-order valence-electron chi connectivity index (χ1n) is 5.19. The van der Waals surface area contributed by atoms with Crippen molar-refractivity contribution in [2.24, 2.45) is 0 Å². The molecule has 0 aromatic heterocycles. The fourth-order valence-corrected chi connectivity index (χ4v) is 1.97. The zero-order chi connectivity index (χ0) is 14.0. The van der Waals surface area contributed by atoms with Crippen LogP contribution in [0.25, 0.3) is 0 Å². The molecule has 0 aliphatic rings. The summed E-state index contributed by atoms with van der Waals surface area (Å²) in [6.45, 7) is 0. The summed E-state index contributed by atoms with van der Waals surface area (Å²) in [7, 11) is 0. The molecule has 19 heavy (non-hydrogen) atoms. The monoisotopic (exact) mass is 345 g/mol. The van der Waals surface area contributed by atoms with Crippen molar-refractivity contribution < 1.29 is 13.6 Å². The summed E-state index contributed by atoms with van der Waals surface area (Å²) in [5, 5.41) is 2.50. The van der Waals surface area contributed by atoms with E-state index in [9.17, 15) is 13.6 Å². The molecule has 0 radical (unpaired) electrons. The van der Waals surface area contributed by atoms with Gasteiger partial charge in [0.15, 0.2) is 0 Å². The number of benzene rings is 2. The van der Waals surface area contributed by atoms with Crippen LogP contribution in [-0.4, -0.2) is 5.91 Å². The van der Waals surface area contributed by atoms with Crippen LogP contribution in [0.4, 0.5) is 14.5 Å². The van der Waals surface area contributed by atoms with Crippen molar-refractivity contribution in [2.75, 3.05) is 5.32 Å². The molecule has 0 fully saturated rings. The van der Waals surface area contributed by atoms with Crippen molar-refractivity contribution in [3.8, 4) is 0 Å². The number of hydrogen-bond donors (Lipinski definition) is 1. The number of hydrogen-bond acceptors (Lipinski definition) is 1. The molecular formula is C13H7BrClF2NO. The maximum absolute atomic E-state index is 13.5. The third-order valence-corrected chi connectivity index (χ3v) is 3.08. The summed E-state index contributed by atoms with van der Waals surface area (Å²) in [5.74, 6) is -2.11. The van der Waals surface area contributed by atoms with Gasteiger partial charge in [-0.2, -0.15) is 0 Å². The Morgan fingerprint density at radius 3 is 2.53 bits per heavy atom. The van der Waals surface area contributed by atoms with Gasteiger partial charge < -0.3 is 5.32 Å². The lowest BCUT2D eigenvalue weighted by molar-refractivity contribution is 0.102. The Morgan fingerprint density at radius 2 is 1.84 bits per heavy atom. The first kappa shape index (κ1) is 14.0. The standard InChI is InChI=1S/C13H7BrClF2NO/c14-7-1-3-10(16)9(5-7)13(19)18-12-4-2-8(15)6-11(12)17/h1-6H,(H,18,19). The number of halogens is 4. The predicted molar refractivity (Wildman–Crippen MR) is 73.5 cm³/mol. The predicted octanol–water partition coefficient (Wildman–Crippen LogP) is 4.63. The Morgan fingerprint density at radius 1 is 1.11 bits per heavy atom. The highest BCUT2D eigenvalue weighted by atomic mass is 79.9. The molecule has 2 aromatic carbocycles. The molecule has 2 aromatic rings. The number of carbonyl (C=O) groups excluding carboxylic acids is 1. The van der Waals surface area contributed by atoms with E-state index in [2.05, 4.69) is 21.2 Å². The van der Waals surface area contributed by atoms with E-state index in [0.29, 0.717) is 4.47 Å². The number of carbonyl (C=O) groups is 1. The SMILES string of the molecule is O=C(Nc1ccc(Cl)cc1F)c1cc(Br)ccc1F. The summed E-state index contributed by atoms with van der Waals surface area (Å²) in [4.78, 5) is 11.9. The lowest BCUT2D eigenvalue weighted by atomic mass is 10.2. The highest BCUT2D eigenvalue weighted by Gasteiger charge is 2.14. The fraction of sp³-hybridized carbons (Fsp3) is 0. The minimum absolute atomic E-state index is 0.0613. The van der Waals surface area contributed by atoms with Crippen LogP contribution in [0.1, 0.15) is 10.4 Å². The molecular weight excluding hydrogens is 340 g/mol. The molecule has 0 heterocycles. The Balaban J connectivity index is 2.28. The quantitative estimate of drug-likeness (QED) is 0.844. The van der Waals surface area contributed by atoms with Crippen molar-refractivity contribution in [1.82, 2.24) is 0 Å². The average molecular weight is 347 g/mol. The van der Waals surface area contributed by atoms with Gasteiger partial charge in [0.1, 0.15) is 11.6 Å². The molecule has 1 N–H and O–H groups in total. The average Bonchev–Trinajstić information content (AvgIpc) is 2.35. The molecule has 0 unspecified atom stereocenters. The van der Waals surface area contributed by atoms with Crippen LogP contribution in [0.3, 0.4) is 0 Å². The Bertz CT molecular complexity index is 649. The molecule has 2 rings (SSSR count).